The molecule has 0 bridgehead atoms. The standard InChI is InChI=1S/C17H25N3/c1-20(15-9-10-15)16(18)19-13-17(11-5-6-12-17)14-7-3-2-4-8-14/h2-4,7-8,15H,5-6,9-13H2,1H3,(H2,18,19). The van der Waals surface area contributed by atoms with Gasteiger partial charge >= 0.3 is 0 Å². The Hall–Kier alpha value is -1.51. The number of hydrogen-bond acceptors (Lipinski definition) is 1. The molecule has 0 unspecified atom stereocenters. The minimum absolute atomic E-state index is 0.219. The molecule has 3 heteroatoms. The van der Waals surface area contributed by atoms with Gasteiger partial charge in [0.05, 0.1) is 6.54 Å². The van der Waals surface area contributed by atoms with E-state index >= 15 is 0 Å². The first kappa shape index (κ1) is 13.5. The predicted octanol–water partition coefficient (Wildman–Crippen LogP) is 2.91. The second kappa shape index (κ2) is 5.47. The van der Waals surface area contributed by atoms with Gasteiger partial charge in [-0.05, 0) is 31.2 Å². The molecule has 2 saturated carbocycles. The number of guanidine groups is 1. The third-order valence-corrected chi connectivity index (χ3v) is 4.95. The molecule has 20 heavy (non-hydrogen) atoms. The van der Waals surface area contributed by atoms with Gasteiger partial charge in [-0.3, -0.25) is 4.99 Å². The highest BCUT2D eigenvalue weighted by Gasteiger charge is 2.35. The Bertz CT molecular complexity index is 470. The lowest BCUT2D eigenvalue weighted by molar-refractivity contribution is 0.441. The zero-order valence-electron chi connectivity index (χ0n) is 12.4. The third kappa shape index (κ3) is 2.67. The van der Waals surface area contributed by atoms with Crippen molar-refractivity contribution in [3.63, 3.8) is 0 Å². The summed E-state index contributed by atoms with van der Waals surface area (Å²) in [7, 11) is 2.07. The summed E-state index contributed by atoms with van der Waals surface area (Å²) in [5, 5.41) is 0. The number of nitrogens with zero attached hydrogens (tertiary/aromatic N) is 2. The molecule has 0 atom stereocenters. The minimum atomic E-state index is 0.219. The van der Waals surface area contributed by atoms with Crippen LogP contribution in [0.3, 0.4) is 0 Å². The van der Waals surface area contributed by atoms with Crippen LogP contribution < -0.4 is 5.73 Å². The van der Waals surface area contributed by atoms with Crippen molar-refractivity contribution in [2.75, 3.05) is 13.6 Å². The molecule has 3 nitrogen and oxygen atoms in total. The topological polar surface area (TPSA) is 41.6 Å². The van der Waals surface area contributed by atoms with Crippen LogP contribution in [0.25, 0.3) is 0 Å². The van der Waals surface area contributed by atoms with Crippen LogP contribution in [0.15, 0.2) is 35.3 Å². The highest BCUT2D eigenvalue weighted by Crippen LogP contribution is 2.41. The number of hydrogen-bond donors (Lipinski definition) is 1. The number of aliphatic imine (C=N–C) groups is 1. The molecule has 0 radical (unpaired) electrons. The average molecular weight is 271 g/mol. The first-order chi connectivity index (χ1) is 9.71. The zero-order valence-corrected chi connectivity index (χ0v) is 12.4. The summed E-state index contributed by atoms with van der Waals surface area (Å²) in [6.45, 7) is 0.833. The van der Waals surface area contributed by atoms with Gasteiger partial charge in [0.1, 0.15) is 0 Å². The molecule has 0 spiro atoms. The summed E-state index contributed by atoms with van der Waals surface area (Å²) >= 11 is 0. The van der Waals surface area contributed by atoms with E-state index < -0.39 is 0 Å². The van der Waals surface area contributed by atoms with Gasteiger partial charge in [-0.2, -0.15) is 0 Å². The van der Waals surface area contributed by atoms with E-state index in [0.29, 0.717) is 6.04 Å². The van der Waals surface area contributed by atoms with Gasteiger partial charge < -0.3 is 10.6 Å². The SMILES string of the molecule is CN(C(N)=NCC1(c2ccccc2)CCCC1)C1CC1. The molecule has 0 aliphatic heterocycles. The van der Waals surface area contributed by atoms with Gasteiger partial charge in [-0.1, -0.05) is 43.2 Å². The summed E-state index contributed by atoms with van der Waals surface area (Å²) in [5.74, 6) is 0.717. The lowest BCUT2D eigenvalue weighted by atomic mass is 9.79. The van der Waals surface area contributed by atoms with E-state index in [1.54, 1.807) is 0 Å². The van der Waals surface area contributed by atoms with Gasteiger partial charge in [0.2, 0.25) is 0 Å². The third-order valence-electron chi connectivity index (χ3n) is 4.95. The van der Waals surface area contributed by atoms with E-state index in [2.05, 4.69) is 42.3 Å². The second-order valence-corrected chi connectivity index (χ2v) is 6.37. The molecule has 0 heterocycles. The van der Waals surface area contributed by atoms with Crippen LogP contribution in [-0.4, -0.2) is 30.5 Å². The molecule has 0 amide bonds. The molecule has 1 aromatic carbocycles. The average Bonchev–Trinajstić information content (AvgIpc) is 3.23. The maximum Gasteiger partial charge on any atom is 0.191 e. The predicted molar refractivity (Wildman–Crippen MR) is 83.9 cm³/mol. The first-order valence-corrected chi connectivity index (χ1v) is 7.80. The van der Waals surface area contributed by atoms with E-state index in [9.17, 15) is 0 Å². The highest BCUT2D eigenvalue weighted by molar-refractivity contribution is 5.78. The number of rotatable bonds is 4. The van der Waals surface area contributed by atoms with Crippen LogP contribution in [-0.2, 0) is 5.41 Å². The molecule has 108 valence electrons. The monoisotopic (exact) mass is 271 g/mol. The summed E-state index contributed by atoms with van der Waals surface area (Å²) in [5.41, 5.74) is 7.80. The first-order valence-electron chi connectivity index (χ1n) is 7.80. The Morgan fingerprint density at radius 1 is 1.25 bits per heavy atom. The lowest BCUT2D eigenvalue weighted by Gasteiger charge is -2.28. The van der Waals surface area contributed by atoms with E-state index in [-0.39, 0.29) is 5.41 Å². The molecular formula is C17H25N3. The van der Waals surface area contributed by atoms with Crippen molar-refractivity contribution in [3.8, 4) is 0 Å². The molecule has 0 saturated heterocycles. The highest BCUT2D eigenvalue weighted by atomic mass is 15.3. The van der Waals surface area contributed by atoms with E-state index in [4.69, 9.17) is 10.7 Å². The van der Waals surface area contributed by atoms with Crippen molar-refractivity contribution in [1.82, 2.24) is 4.90 Å². The summed E-state index contributed by atoms with van der Waals surface area (Å²) in [6, 6.07) is 11.5. The van der Waals surface area contributed by atoms with Crippen LogP contribution in [0.2, 0.25) is 0 Å². The Labute approximate surface area is 121 Å². The fourth-order valence-corrected chi connectivity index (χ4v) is 3.37. The normalized spacial score (nSPS) is 21.9. The van der Waals surface area contributed by atoms with Gasteiger partial charge in [0.15, 0.2) is 5.96 Å². The van der Waals surface area contributed by atoms with Crippen LogP contribution >= 0.6 is 0 Å². The quantitative estimate of drug-likeness (QED) is 0.676. The van der Waals surface area contributed by atoms with Crippen LogP contribution in [0.5, 0.6) is 0 Å². The maximum atomic E-state index is 6.15. The zero-order chi connectivity index (χ0) is 14.0. The lowest BCUT2D eigenvalue weighted by Crippen LogP contribution is -2.37. The van der Waals surface area contributed by atoms with Crippen LogP contribution in [0.1, 0.15) is 44.1 Å². The molecule has 2 aliphatic carbocycles. The molecular weight excluding hydrogens is 246 g/mol. The van der Waals surface area contributed by atoms with Crippen molar-refractivity contribution in [3.05, 3.63) is 35.9 Å². The van der Waals surface area contributed by atoms with Crippen LogP contribution in [0, 0.1) is 0 Å². The van der Waals surface area contributed by atoms with E-state index in [0.717, 1.165) is 12.5 Å². The van der Waals surface area contributed by atoms with Crippen molar-refractivity contribution in [2.45, 2.75) is 50.0 Å². The second-order valence-electron chi connectivity index (χ2n) is 6.37. The summed E-state index contributed by atoms with van der Waals surface area (Å²) in [6.07, 6.45) is 7.61. The minimum Gasteiger partial charge on any atom is -0.370 e. The van der Waals surface area contributed by atoms with Crippen molar-refractivity contribution in [1.29, 1.82) is 0 Å². The molecule has 1 aromatic rings. The molecule has 2 aliphatic rings. The fourth-order valence-electron chi connectivity index (χ4n) is 3.37. The van der Waals surface area contributed by atoms with Gasteiger partial charge in [-0.15, -0.1) is 0 Å². The largest absolute Gasteiger partial charge is 0.370 e. The van der Waals surface area contributed by atoms with Gasteiger partial charge in [-0.25, -0.2) is 0 Å². The summed E-state index contributed by atoms with van der Waals surface area (Å²) in [4.78, 5) is 6.88. The van der Waals surface area contributed by atoms with Crippen LogP contribution in [0.4, 0.5) is 0 Å². The van der Waals surface area contributed by atoms with Crippen molar-refractivity contribution in [2.24, 2.45) is 10.7 Å². The Balaban J connectivity index is 1.76. The molecule has 2 N–H and O–H groups in total. The molecule has 3 rings (SSSR count). The Kier molecular flexibility index (Phi) is 3.68. The van der Waals surface area contributed by atoms with Crippen molar-refractivity contribution < 1.29 is 0 Å². The summed E-state index contributed by atoms with van der Waals surface area (Å²) < 4.78 is 0. The van der Waals surface area contributed by atoms with Gasteiger partial charge in [0, 0.05) is 18.5 Å². The Morgan fingerprint density at radius 2 is 1.90 bits per heavy atom. The van der Waals surface area contributed by atoms with Gasteiger partial charge in [0.25, 0.3) is 0 Å². The maximum absolute atomic E-state index is 6.15. The Morgan fingerprint density at radius 3 is 2.50 bits per heavy atom. The smallest absolute Gasteiger partial charge is 0.191 e. The fraction of sp³-hybridized carbons (Fsp3) is 0.588. The van der Waals surface area contributed by atoms with E-state index in [1.807, 2.05) is 0 Å². The molecule has 2 fully saturated rings. The number of benzene rings is 1. The molecule has 0 aromatic heterocycles. The van der Waals surface area contributed by atoms with E-state index in [1.165, 1.54) is 44.1 Å². The number of nitrogens with two attached hydrogens (primary N) is 1. The van der Waals surface area contributed by atoms with Crippen molar-refractivity contribution >= 4 is 5.96 Å².